The number of carbonyl (C=O) groups excluding carboxylic acids is 1. The lowest BCUT2D eigenvalue weighted by Gasteiger charge is -2.29. The van der Waals surface area contributed by atoms with Crippen molar-refractivity contribution in [1.82, 2.24) is 9.62 Å². The van der Waals surface area contributed by atoms with E-state index in [-0.39, 0.29) is 18.4 Å². The zero-order valence-electron chi connectivity index (χ0n) is 13.3. The summed E-state index contributed by atoms with van der Waals surface area (Å²) in [5.41, 5.74) is 1.02. The Morgan fingerprint density at radius 3 is 2.48 bits per heavy atom. The maximum atomic E-state index is 12.1. The van der Waals surface area contributed by atoms with Crippen molar-refractivity contribution in [2.45, 2.75) is 25.4 Å². The number of hydrogen-bond acceptors (Lipinski definition) is 4. The van der Waals surface area contributed by atoms with Crippen molar-refractivity contribution in [3.8, 4) is 0 Å². The number of sulfonamides is 1. The molecule has 2 rings (SSSR count). The van der Waals surface area contributed by atoms with Crippen LogP contribution < -0.4 is 5.32 Å². The number of nitrogens with one attached hydrogen (secondary N) is 1. The minimum absolute atomic E-state index is 0.106. The number of nitrogens with zero attached hydrogens (tertiary/aromatic N) is 1. The van der Waals surface area contributed by atoms with Crippen molar-refractivity contribution in [3.05, 3.63) is 35.9 Å². The van der Waals surface area contributed by atoms with E-state index in [9.17, 15) is 18.3 Å². The highest BCUT2D eigenvalue weighted by Gasteiger charge is 2.28. The third-order valence-electron chi connectivity index (χ3n) is 4.12. The highest BCUT2D eigenvalue weighted by Crippen LogP contribution is 2.19. The Bertz CT molecular complexity index is 610. The molecule has 0 saturated carbocycles. The third kappa shape index (κ3) is 5.60. The molecule has 1 aliphatic heterocycles. The molecule has 1 aromatic carbocycles. The van der Waals surface area contributed by atoms with Gasteiger partial charge in [0.1, 0.15) is 0 Å². The van der Waals surface area contributed by atoms with E-state index in [0.29, 0.717) is 32.4 Å². The lowest BCUT2D eigenvalue weighted by atomic mass is 9.97. The van der Waals surface area contributed by atoms with Crippen LogP contribution in [0, 0.1) is 5.92 Å². The second kappa shape index (κ2) is 7.90. The fraction of sp³-hybridized carbons (Fsp3) is 0.562. The minimum atomic E-state index is -3.17. The predicted molar refractivity (Wildman–Crippen MR) is 88.3 cm³/mol. The number of aliphatic hydroxyl groups is 1. The minimum Gasteiger partial charge on any atom is -0.391 e. The zero-order chi connectivity index (χ0) is 16.9. The summed E-state index contributed by atoms with van der Waals surface area (Å²) in [4.78, 5) is 12.1. The fourth-order valence-corrected chi connectivity index (χ4v) is 3.64. The van der Waals surface area contributed by atoms with Crippen LogP contribution in [0.5, 0.6) is 0 Å². The van der Waals surface area contributed by atoms with Crippen LogP contribution in [0.2, 0.25) is 0 Å². The van der Waals surface area contributed by atoms with Crippen molar-refractivity contribution in [3.63, 3.8) is 0 Å². The van der Waals surface area contributed by atoms with Crippen molar-refractivity contribution < 1.29 is 18.3 Å². The van der Waals surface area contributed by atoms with Gasteiger partial charge in [-0.3, -0.25) is 4.79 Å². The summed E-state index contributed by atoms with van der Waals surface area (Å²) in [5, 5.41) is 12.8. The van der Waals surface area contributed by atoms with Crippen LogP contribution in [-0.2, 0) is 21.2 Å². The smallest absolute Gasteiger partial charge is 0.223 e. The van der Waals surface area contributed by atoms with Crippen LogP contribution in [0.1, 0.15) is 18.4 Å². The number of hydrogen-bond donors (Lipinski definition) is 2. The highest BCUT2D eigenvalue weighted by atomic mass is 32.2. The molecule has 7 heteroatoms. The molecular weight excluding hydrogens is 316 g/mol. The monoisotopic (exact) mass is 340 g/mol. The Balaban J connectivity index is 1.73. The summed E-state index contributed by atoms with van der Waals surface area (Å²) < 4.78 is 24.3. The molecule has 1 atom stereocenters. The normalized spacial score (nSPS) is 18.5. The first-order valence-electron chi connectivity index (χ1n) is 7.81. The van der Waals surface area contributed by atoms with E-state index in [4.69, 9.17) is 0 Å². The van der Waals surface area contributed by atoms with Crippen LogP contribution in [0.15, 0.2) is 30.3 Å². The highest BCUT2D eigenvalue weighted by molar-refractivity contribution is 7.88. The van der Waals surface area contributed by atoms with Crippen LogP contribution in [0.4, 0.5) is 0 Å². The van der Waals surface area contributed by atoms with Crippen molar-refractivity contribution in [1.29, 1.82) is 0 Å². The lowest BCUT2D eigenvalue weighted by Crippen LogP contribution is -2.44. The molecule has 128 valence electrons. The summed E-state index contributed by atoms with van der Waals surface area (Å²) in [6.07, 6.45) is 2.10. The molecule has 0 spiro atoms. The molecule has 0 bridgehead atoms. The first-order chi connectivity index (χ1) is 10.9. The topological polar surface area (TPSA) is 86.7 Å². The van der Waals surface area contributed by atoms with Crippen molar-refractivity contribution in [2.75, 3.05) is 25.9 Å². The Morgan fingerprint density at radius 1 is 1.30 bits per heavy atom. The van der Waals surface area contributed by atoms with E-state index in [1.54, 1.807) is 0 Å². The van der Waals surface area contributed by atoms with Gasteiger partial charge in [-0.25, -0.2) is 12.7 Å². The van der Waals surface area contributed by atoms with Crippen molar-refractivity contribution >= 4 is 15.9 Å². The molecule has 23 heavy (non-hydrogen) atoms. The first-order valence-corrected chi connectivity index (χ1v) is 9.66. The predicted octanol–water partition coefficient (Wildman–Crippen LogP) is 0.378. The molecule has 1 heterocycles. The number of benzene rings is 1. The van der Waals surface area contributed by atoms with Gasteiger partial charge in [0, 0.05) is 32.0 Å². The van der Waals surface area contributed by atoms with Gasteiger partial charge in [0.25, 0.3) is 0 Å². The summed E-state index contributed by atoms with van der Waals surface area (Å²) in [5.74, 6) is -0.290. The molecule has 1 aromatic rings. The van der Waals surface area contributed by atoms with Crippen LogP contribution >= 0.6 is 0 Å². The Morgan fingerprint density at radius 2 is 1.91 bits per heavy atom. The van der Waals surface area contributed by atoms with E-state index in [1.165, 1.54) is 10.6 Å². The van der Waals surface area contributed by atoms with E-state index in [2.05, 4.69) is 5.32 Å². The number of rotatable bonds is 6. The summed E-state index contributed by atoms with van der Waals surface area (Å²) in [6, 6.07) is 9.62. The lowest BCUT2D eigenvalue weighted by molar-refractivity contribution is -0.126. The Labute approximate surface area is 137 Å². The van der Waals surface area contributed by atoms with Gasteiger partial charge in [-0.2, -0.15) is 0 Å². The van der Waals surface area contributed by atoms with Gasteiger partial charge in [-0.05, 0) is 18.4 Å². The molecule has 1 unspecified atom stereocenters. The molecule has 0 aromatic heterocycles. The SMILES string of the molecule is CS(=O)(=O)N1CCC(C(=O)NCC(O)Cc2ccccc2)CC1. The Kier molecular flexibility index (Phi) is 6.15. The van der Waals surface area contributed by atoms with E-state index in [1.807, 2.05) is 30.3 Å². The van der Waals surface area contributed by atoms with Gasteiger partial charge in [0.15, 0.2) is 0 Å². The quantitative estimate of drug-likeness (QED) is 0.784. The maximum absolute atomic E-state index is 12.1. The zero-order valence-corrected chi connectivity index (χ0v) is 14.1. The van der Waals surface area contributed by atoms with Gasteiger partial charge < -0.3 is 10.4 Å². The summed E-state index contributed by atoms with van der Waals surface area (Å²) in [7, 11) is -3.17. The molecule has 1 saturated heterocycles. The first kappa shape index (κ1) is 17.9. The second-order valence-electron chi connectivity index (χ2n) is 6.03. The molecule has 1 fully saturated rings. The summed E-state index contributed by atoms with van der Waals surface area (Å²) in [6.45, 7) is 0.965. The fourth-order valence-electron chi connectivity index (χ4n) is 2.77. The standard InChI is InChI=1S/C16H24N2O4S/c1-23(21,22)18-9-7-14(8-10-18)16(20)17-12-15(19)11-13-5-3-2-4-6-13/h2-6,14-15,19H,7-12H2,1H3,(H,17,20). The molecule has 1 aliphatic rings. The number of amides is 1. The average molecular weight is 340 g/mol. The van der Waals surface area contributed by atoms with E-state index >= 15 is 0 Å². The maximum Gasteiger partial charge on any atom is 0.223 e. The Hall–Kier alpha value is -1.44. The van der Waals surface area contributed by atoms with Gasteiger partial charge in [-0.1, -0.05) is 30.3 Å². The molecule has 0 aliphatic carbocycles. The number of aliphatic hydroxyl groups excluding tert-OH is 1. The summed E-state index contributed by atoms with van der Waals surface area (Å²) >= 11 is 0. The van der Waals surface area contributed by atoms with E-state index in [0.717, 1.165) is 5.56 Å². The number of piperidine rings is 1. The third-order valence-corrected chi connectivity index (χ3v) is 5.42. The molecule has 0 radical (unpaired) electrons. The molecule has 2 N–H and O–H groups in total. The van der Waals surface area contributed by atoms with Gasteiger partial charge in [-0.15, -0.1) is 0 Å². The van der Waals surface area contributed by atoms with Gasteiger partial charge >= 0.3 is 0 Å². The van der Waals surface area contributed by atoms with E-state index < -0.39 is 16.1 Å². The second-order valence-corrected chi connectivity index (χ2v) is 8.01. The van der Waals surface area contributed by atoms with Crippen LogP contribution in [0.25, 0.3) is 0 Å². The van der Waals surface area contributed by atoms with Crippen molar-refractivity contribution in [2.24, 2.45) is 5.92 Å². The molecule has 6 nitrogen and oxygen atoms in total. The van der Waals surface area contributed by atoms with Gasteiger partial charge in [0.05, 0.1) is 12.4 Å². The molecule has 1 amide bonds. The van der Waals surface area contributed by atoms with Gasteiger partial charge in [0.2, 0.25) is 15.9 Å². The average Bonchev–Trinajstić information content (AvgIpc) is 2.53. The van der Waals surface area contributed by atoms with Crippen LogP contribution in [0.3, 0.4) is 0 Å². The molecular formula is C16H24N2O4S. The largest absolute Gasteiger partial charge is 0.391 e. The number of carbonyl (C=O) groups is 1. The van der Waals surface area contributed by atoms with Crippen LogP contribution in [-0.4, -0.2) is 55.7 Å².